The number of aromatic nitrogens is 2. The van der Waals surface area contributed by atoms with E-state index in [0.29, 0.717) is 5.82 Å². The van der Waals surface area contributed by atoms with Gasteiger partial charge in [0.15, 0.2) is 0 Å². The lowest BCUT2D eigenvalue weighted by Gasteiger charge is -2.16. The van der Waals surface area contributed by atoms with Crippen molar-refractivity contribution >= 4 is 26.4 Å². The average Bonchev–Trinajstić information content (AvgIpc) is 2.75. The Morgan fingerprint density at radius 3 is 2.88 bits per heavy atom. The average molecular weight is 274 g/mol. The molecule has 0 unspecified atom stereocenters. The van der Waals surface area contributed by atoms with E-state index in [-0.39, 0.29) is 6.04 Å². The fourth-order valence-corrected chi connectivity index (χ4v) is 2.93. The number of thiazole rings is 1. The Balaban J connectivity index is 2.28. The molecule has 1 N–H and O–H groups in total. The third kappa shape index (κ3) is 2.34. The monoisotopic (exact) mass is 274 g/mol. The molecule has 0 aromatic carbocycles. The van der Waals surface area contributed by atoms with Gasteiger partial charge in [-0.2, -0.15) is 17.4 Å². The summed E-state index contributed by atoms with van der Waals surface area (Å²) in [4.78, 5) is 5.22. The largest absolute Gasteiger partial charge is 0.293 e. The van der Waals surface area contributed by atoms with Crippen LogP contribution in [-0.2, 0) is 10.2 Å². The summed E-state index contributed by atoms with van der Waals surface area (Å²) >= 11 is 1.56. The molecule has 2 aromatic rings. The van der Waals surface area contributed by atoms with Crippen LogP contribution in [0.1, 0.15) is 18.8 Å². The lowest BCUT2D eigenvalue weighted by Crippen LogP contribution is -2.37. The molecule has 17 heavy (non-hydrogen) atoms. The third-order valence-corrected chi connectivity index (χ3v) is 4.80. The van der Waals surface area contributed by atoms with E-state index in [1.807, 2.05) is 16.0 Å². The molecule has 0 amide bonds. The molecule has 0 spiro atoms. The summed E-state index contributed by atoms with van der Waals surface area (Å²) in [5, 5.41) is 1.94. The van der Waals surface area contributed by atoms with Crippen molar-refractivity contribution in [2.45, 2.75) is 13.0 Å². The maximum Gasteiger partial charge on any atom is 0.279 e. The predicted molar refractivity (Wildman–Crippen MR) is 67.2 cm³/mol. The van der Waals surface area contributed by atoms with E-state index in [1.54, 1.807) is 24.5 Å². The SMILES string of the molecule is C[C@@H](NS(=O)(=O)N(C)C)c1ncc2sccn12. The number of rotatable bonds is 4. The summed E-state index contributed by atoms with van der Waals surface area (Å²) in [6.45, 7) is 1.77. The van der Waals surface area contributed by atoms with E-state index >= 15 is 0 Å². The van der Waals surface area contributed by atoms with Crippen LogP contribution in [0.4, 0.5) is 0 Å². The van der Waals surface area contributed by atoms with E-state index in [1.165, 1.54) is 14.1 Å². The van der Waals surface area contributed by atoms with E-state index < -0.39 is 10.2 Å². The second kappa shape index (κ2) is 4.37. The predicted octanol–water partition coefficient (Wildman–Crippen LogP) is 0.853. The Kier molecular flexibility index (Phi) is 3.21. The minimum absolute atomic E-state index is 0.375. The standard InChI is InChI=1S/C9H14N4O2S2/c1-7(11-17(14,15)12(2)3)9-10-6-8-13(9)4-5-16-8/h4-7,11H,1-3H3/t7-/m1/s1. The first-order valence-electron chi connectivity index (χ1n) is 5.02. The lowest BCUT2D eigenvalue weighted by atomic mass is 10.3. The quantitative estimate of drug-likeness (QED) is 0.899. The number of fused-ring (bicyclic) bond motifs is 1. The molecule has 8 heteroatoms. The van der Waals surface area contributed by atoms with Crippen LogP contribution in [0.2, 0.25) is 0 Å². The van der Waals surface area contributed by atoms with Crippen LogP contribution in [0, 0.1) is 0 Å². The van der Waals surface area contributed by atoms with Crippen LogP contribution in [0.3, 0.4) is 0 Å². The lowest BCUT2D eigenvalue weighted by molar-refractivity contribution is 0.490. The second-order valence-electron chi connectivity index (χ2n) is 3.85. The zero-order valence-corrected chi connectivity index (χ0v) is 11.4. The second-order valence-corrected chi connectivity index (χ2v) is 6.70. The summed E-state index contributed by atoms with van der Waals surface area (Å²) in [6.07, 6.45) is 3.61. The summed E-state index contributed by atoms with van der Waals surface area (Å²) in [6, 6.07) is -0.375. The molecule has 6 nitrogen and oxygen atoms in total. The molecule has 0 aliphatic carbocycles. The number of hydrogen-bond acceptors (Lipinski definition) is 4. The van der Waals surface area contributed by atoms with Crippen molar-refractivity contribution in [2.75, 3.05) is 14.1 Å². The summed E-state index contributed by atoms with van der Waals surface area (Å²) in [5.74, 6) is 0.687. The highest BCUT2D eigenvalue weighted by molar-refractivity contribution is 7.87. The van der Waals surface area contributed by atoms with E-state index in [2.05, 4.69) is 9.71 Å². The molecule has 0 saturated heterocycles. The summed E-state index contributed by atoms with van der Waals surface area (Å²) in [7, 11) is -0.468. The number of imidazole rings is 1. The van der Waals surface area contributed by atoms with Crippen LogP contribution < -0.4 is 4.72 Å². The Morgan fingerprint density at radius 2 is 2.24 bits per heavy atom. The van der Waals surface area contributed by atoms with Crippen molar-refractivity contribution in [3.63, 3.8) is 0 Å². The first kappa shape index (κ1) is 12.5. The molecule has 2 heterocycles. The Hall–Kier alpha value is -0.960. The van der Waals surface area contributed by atoms with Crippen LogP contribution in [0.25, 0.3) is 4.83 Å². The maximum atomic E-state index is 11.7. The molecule has 1 atom stereocenters. The molecule has 0 aliphatic rings. The molecular weight excluding hydrogens is 260 g/mol. The van der Waals surface area contributed by atoms with Crippen molar-refractivity contribution in [1.29, 1.82) is 0 Å². The third-order valence-electron chi connectivity index (χ3n) is 2.38. The van der Waals surface area contributed by atoms with Gasteiger partial charge < -0.3 is 0 Å². The van der Waals surface area contributed by atoms with Gasteiger partial charge in [-0.05, 0) is 6.92 Å². The Bertz CT molecular complexity index is 614. The Labute approximate surface area is 104 Å². The normalized spacial score (nSPS) is 14.6. The van der Waals surface area contributed by atoms with Gasteiger partial charge in [0.1, 0.15) is 10.7 Å². The topological polar surface area (TPSA) is 66.7 Å². The van der Waals surface area contributed by atoms with Gasteiger partial charge in [0.25, 0.3) is 10.2 Å². The number of hydrogen-bond donors (Lipinski definition) is 1. The highest BCUT2D eigenvalue weighted by Gasteiger charge is 2.20. The molecule has 2 aromatic heterocycles. The minimum atomic E-state index is -3.44. The van der Waals surface area contributed by atoms with Gasteiger partial charge in [0.2, 0.25) is 0 Å². The van der Waals surface area contributed by atoms with Crippen LogP contribution in [0.15, 0.2) is 17.8 Å². The van der Waals surface area contributed by atoms with E-state index in [4.69, 9.17) is 0 Å². The minimum Gasteiger partial charge on any atom is -0.293 e. The molecule has 94 valence electrons. The van der Waals surface area contributed by atoms with Crippen molar-refractivity contribution in [3.05, 3.63) is 23.6 Å². The molecule has 0 fully saturated rings. The van der Waals surface area contributed by atoms with Gasteiger partial charge in [-0.3, -0.25) is 4.40 Å². The van der Waals surface area contributed by atoms with Gasteiger partial charge in [0.05, 0.1) is 12.2 Å². The Morgan fingerprint density at radius 1 is 1.53 bits per heavy atom. The molecule has 0 bridgehead atoms. The smallest absolute Gasteiger partial charge is 0.279 e. The zero-order chi connectivity index (χ0) is 12.6. The first-order valence-corrected chi connectivity index (χ1v) is 7.34. The van der Waals surface area contributed by atoms with Crippen molar-refractivity contribution in [3.8, 4) is 0 Å². The number of nitrogens with one attached hydrogen (secondary N) is 1. The highest BCUT2D eigenvalue weighted by Crippen LogP contribution is 2.18. The molecule has 2 rings (SSSR count). The van der Waals surface area contributed by atoms with Crippen LogP contribution in [0.5, 0.6) is 0 Å². The van der Waals surface area contributed by atoms with Gasteiger partial charge in [-0.1, -0.05) is 0 Å². The van der Waals surface area contributed by atoms with Crippen LogP contribution in [-0.4, -0.2) is 36.2 Å². The first-order chi connectivity index (χ1) is 7.92. The van der Waals surface area contributed by atoms with Crippen molar-refractivity contribution in [2.24, 2.45) is 0 Å². The van der Waals surface area contributed by atoms with Gasteiger partial charge in [0, 0.05) is 25.7 Å². The highest BCUT2D eigenvalue weighted by atomic mass is 32.2. The number of nitrogens with zero attached hydrogens (tertiary/aromatic N) is 3. The fraction of sp³-hybridized carbons (Fsp3) is 0.444. The van der Waals surface area contributed by atoms with Crippen molar-refractivity contribution in [1.82, 2.24) is 18.4 Å². The van der Waals surface area contributed by atoms with Gasteiger partial charge in [-0.25, -0.2) is 4.98 Å². The fourth-order valence-electron chi connectivity index (χ4n) is 1.46. The van der Waals surface area contributed by atoms with E-state index in [0.717, 1.165) is 9.14 Å². The summed E-state index contributed by atoms with van der Waals surface area (Å²) in [5.41, 5.74) is 0. The van der Waals surface area contributed by atoms with Gasteiger partial charge in [-0.15, -0.1) is 11.3 Å². The molecular formula is C9H14N4O2S2. The summed E-state index contributed by atoms with van der Waals surface area (Å²) < 4.78 is 29.0. The van der Waals surface area contributed by atoms with Gasteiger partial charge >= 0.3 is 0 Å². The zero-order valence-electron chi connectivity index (χ0n) is 9.78. The van der Waals surface area contributed by atoms with E-state index in [9.17, 15) is 8.42 Å². The van der Waals surface area contributed by atoms with Crippen molar-refractivity contribution < 1.29 is 8.42 Å². The van der Waals surface area contributed by atoms with Crippen LogP contribution >= 0.6 is 11.3 Å². The maximum absolute atomic E-state index is 11.7. The molecule has 0 saturated carbocycles. The molecule has 0 aliphatic heterocycles. The molecule has 0 radical (unpaired) electrons.